The summed E-state index contributed by atoms with van der Waals surface area (Å²) in [5.41, 5.74) is 0.118. The van der Waals surface area contributed by atoms with Gasteiger partial charge in [-0.2, -0.15) is 10.4 Å². The quantitative estimate of drug-likeness (QED) is 0.596. The second kappa shape index (κ2) is 9.39. The van der Waals surface area contributed by atoms with Crippen LogP contribution < -0.4 is 10.6 Å². The number of carbonyl (C=O) groups is 3. The molecule has 30 heavy (non-hydrogen) atoms. The lowest BCUT2D eigenvalue weighted by Gasteiger charge is -2.32. The van der Waals surface area contributed by atoms with Crippen LogP contribution in [0.15, 0.2) is 24.3 Å². The second-order valence-corrected chi connectivity index (χ2v) is 7.50. The van der Waals surface area contributed by atoms with Crippen LogP contribution >= 0.6 is 0 Å². The topological polar surface area (TPSA) is 137 Å². The molecule has 1 aliphatic rings. The first-order valence-electron chi connectivity index (χ1n) is 10.1. The fourth-order valence-corrected chi connectivity index (χ4v) is 3.57. The Labute approximate surface area is 174 Å². The second-order valence-electron chi connectivity index (χ2n) is 7.50. The van der Waals surface area contributed by atoms with E-state index in [-0.39, 0.29) is 18.7 Å². The number of benzene rings is 1. The predicted molar refractivity (Wildman–Crippen MR) is 108 cm³/mol. The van der Waals surface area contributed by atoms with E-state index >= 15 is 0 Å². The highest BCUT2D eigenvalue weighted by atomic mass is 16.5. The Morgan fingerprint density at radius 3 is 2.73 bits per heavy atom. The number of aromatic nitrogens is 2. The van der Waals surface area contributed by atoms with Gasteiger partial charge in [0.15, 0.2) is 11.8 Å². The molecule has 0 radical (unpaired) electrons. The Kier molecular flexibility index (Phi) is 6.67. The number of ether oxygens (including phenoxy) is 1. The van der Waals surface area contributed by atoms with Crippen molar-refractivity contribution < 1.29 is 19.1 Å². The van der Waals surface area contributed by atoms with Gasteiger partial charge < -0.3 is 15.4 Å². The van der Waals surface area contributed by atoms with E-state index < -0.39 is 29.4 Å². The van der Waals surface area contributed by atoms with E-state index in [9.17, 15) is 19.6 Å². The van der Waals surface area contributed by atoms with Gasteiger partial charge in [-0.15, -0.1) is 0 Å². The SMILES string of the molecule is CC(OC(=O)CCNC(=O)c1n[nH]c2ccccc12)C(=O)NC1(C#N)CCCCC1. The molecule has 2 aromatic rings. The van der Waals surface area contributed by atoms with Crippen molar-refractivity contribution in [3.8, 4) is 6.07 Å². The smallest absolute Gasteiger partial charge is 0.308 e. The number of amides is 2. The van der Waals surface area contributed by atoms with E-state index in [1.165, 1.54) is 6.92 Å². The summed E-state index contributed by atoms with van der Waals surface area (Å²) in [6.45, 7) is 1.52. The number of nitrogens with one attached hydrogen (secondary N) is 3. The standard InChI is InChI=1S/C21H25N5O4/c1-14(19(28)24-21(13-22)10-5-2-6-11-21)30-17(27)9-12-23-20(29)18-15-7-3-4-8-16(15)25-26-18/h3-4,7-8,14H,2,5-6,9-12H2,1H3,(H,23,29)(H,24,28)(H,25,26). The molecule has 9 heteroatoms. The summed E-state index contributed by atoms with van der Waals surface area (Å²) >= 11 is 0. The highest BCUT2D eigenvalue weighted by Crippen LogP contribution is 2.27. The number of hydrogen-bond donors (Lipinski definition) is 3. The maximum absolute atomic E-state index is 12.4. The number of nitrogens with zero attached hydrogens (tertiary/aromatic N) is 2. The van der Waals surface area contributed by atoms with Crippen LogP contribution in [0.2, 0.25) is 0 Å². The van der Waals surface area contributed by atoms with Gasteiger partial charge in [-0.25, -0.2) is 0 Å². The normalized spacial score (nSPS) is 16.3. The molecule has 1 heterocycles. The minimum Gasteiger partial charge on any atom is -0.452 e. The summed E-state index contributed by atoms with van der Waals surface area (Å²) in [5.74, 6) is -1.50. The monoisotopic (exact) mass is 411 g/mol. The highest BCUT2D eigenvalue weighted by molar-refractivity contribution is 6.04. The van der Waals surface area contributed by atoms with Gasteiger partial charge in [0.25, 0.3) is 11.8 Å². The molecule has 1 aliphatic carbocycles. The van der Waals surface area contributed by atoms with Crippen LogP contribution in [-0.2, 0) is 14.3 Å². The minimum absolute atomic E-state index is 0.0509. The summed E-state index contributed by atoms with van der Waals surface area (Å²) in [6.07, 6.45) is 2.91. The molecule has 1 saturated carbocycles. The Hall–Kier alpha value is -3.41. The molecule has 9 nitrogen and oxygen atoms in total. The first kappa shape index (κ1) is 21.3. The number of carbonyl (C=O) groups excluding carboxylic acids is 3. The van der Waals surface area contributed by atoms with Gasteiger partial charge in [0.05, 0.1) is 18.0 Å². The Morgan fingerprint density at radius 2 is 2.00 bits per heavy atom. The molecule has 1 atom stereocenters. The lowest BCUT2D eigenvalue weighted by molar-refractivity contribution is -0.155. The number of H-pyrrole nitrogens is 1. The summed E-state index contributed by atoms with van der Waals surface area (Å²) in [4.78, 5) is 36.7. The van der Waals surface area contributed by atoms with Crippen molar-refractivity contribution in [2.24, 2.45) is 0 Å². The maximum Gasteiger partial charge on any atom is 0.308 e. The molecular formula is C21H25N5O4. The summed E-state index contributed by atoms with van der Waals surface area (Å²) in [6, 6.07) is 9.44. The number of para-hydroxylation sites is 1. The Balaban J connectivity index is 1.44. The average molecular weight is 411 g/mol. The molecule has 1 fully saturated rings. The molecule has 1 aromatic heterocycles. The average Bonchev–Trinajstić information content (AvgIpc) is 3.18. The van der Waals surface area contributed by atoms with Gasteiger partial charge >= 0.3 is 5.97 Å². The fourth-order valence-electron chi connectivity index (χ4n) is 3.57. The molecule has 1 aromatic carbocycles. The third-order valence-electron chi connectivity index (χ3n) is 5.26. The van der Waals surface area contributed by atoms with Crippen LogP contribution in [0.3, 0.4) is 0 Å². The van der Waals surface area contributed by atoms with E-state index in [0.717, 1.165) is 24.8 Å². The zero-order valence-electron chi connectivity index (χ0n) is 16.9. The van der Waals surface area contributed by atoms with Crippen molar-refractivity contribution in [1.82, 2.24) is 20.8 Å². The Bertz CT molecular complexity index is 971. The van der Waals surface area contributed by atoms with Crippen LogP contribution in [0.4, 0.5) is 0 Å². The van der Waals surface area contributed by atoms with Gasteiger partial charge in [-0.3, -0.25) is 19.5 Å². The summed E-state index contributed by atoms with van der Waals surface area (Å²) in [7, 11) is 0. The van der Waals surface area contributed by atoms with Gasteiger partial charge in [-0.1, -0.05) is 37.5 Å². The van der Waals surface area contributed by atoms with Crippen molar-refractivity contribution in [2.45, 2.75) is 57.1 Å². The molecule has 1 unspecified atom stereocenters. The molecule has 2 amide bonds. The van der Waals surface area contributed by atoms with Crippen molar-refractivity contribution in [1.29, 1.82) is 5.26 Å². The molecule has 0 aliphatic heterocycles. The molecule has 0 bridgehead atoms. The fraction of sp³-hybridized carbons (Fsp3) is 0.476. The van der Waals surface area contributed by atoms with Crippen LogP contribution in [-0.4, -0.2) is 46.2 Å². The van der Waals surface area contributed by atoms with Crippen molar-refractivity contribution in [3.63, 3.8) is 0 Å². The van der Waals surface area contributed by atoms with Crippen LogP contribution in [0, 0.1) is 11.3 Å². The lowest BCUT2D eigenvalue weighted by Crippen LogP contribution is -2.52. The zero-order valence-corrected chi connectivity index (χ0v) is 16.9. The molecule has 0 saturated heterocycles. The molecule has 158 valence electrons. The molecule has 3 N–H and O–H groups in total. The highest BCUT2D eigenvalue weighted by Gasteiger charge is 2.35. The van der Waals surface area contributed by atoms with E-state index in [4.69, 9.17) is 4.74 Å². The zero-order chi connectivity index (χ0) is 21.6. The minimum atomic E-state index is -1.02. The van der Waals surface area contributed by atoms with Crippen molar-refractivity contribution >= 4 is 28.7 Å². The van der Waals surface area contributed by atoms with E-state index in [1.54, 1.807) is 6.07 Å². The van der Waals surface area contributed by atoms with E-state index in [1.807, 2.05) is 18.2 Å². The van der Waals surface area contributed by atoms with Gasteiger partial charge in [0, 0.05) is 11.9 Å². The number of nitriles is 1. The first-order valence-corrected chi connectivity index (χ1v) is 10.1. The first-order chi connectivity index (χ1) is 14.4. The number of rotatable bonds is 7. The molecular weight excluding hydrogens is 386 g/mol. The van der Waals surface area contributed by atoms with Gasteiger partial charge in [0.1, 0.15) is 5.54 Å². The van der Waals surface area contributed by atoms with E-state index in [2.05, 4.69) is 26.9 Å². The summed E-state index contributed by atoms with van der Waals surface area (Å²) in [5, 5.41) is 22.3. The third kappa shape index (κ3) is 4.95. The maximum atomic E-state index is 12.4. The number of esters is 1. The number of aromatic amines is 1. The van der Waals surface area contributed by atoms with Crippen LogP contribution in [0.5, 0.6) is 0 Å². The Morgan fingerprint density at radius 1 is 1.27 bits per heavy atom. The number of fused-ring (bicyclic) bond motifs is 1. The lowest BCUT2D eigenvalue weighted by atomic mass is 9.83. The third-order valence-corrected chi connectivity index (χ3v) is 5.26. The van der Waals surface area contributed by atoms with Crippen molar-refractivity contribution in [2.75, 3.05) is 6.54 Å². The van der Waals surface area contributed by atoms with Crippen LogP contribution in [0.1, 0.15) is 55.9 Å². The van der Waals surface area contributed by atoms with Crippen LogP contribution in [0.25, 0.3) is 10.9 Å². The van der Waals surface area contributed by atoms with E-state index in [0.29, 0.717) is 18.2 Å². The predicted octanol–water partition coefficient (Wildman–Crippen LogP) is 1.96. The van der Waals surface area contributed by atoms with Crippen molar-refractivity contribution in [3.05, 3.63) is 30.0 Å². The summed E-state index contributed by atoms with van der Waals surface area (Å²) < 4.78 is 5.15. The molecule has 3 rings (SSSR count). The number of hydrogen-bond acceptors (Lipinski definition) is 6. The largest absolute Gasteiger partial charge is 0.452 e. The van der Waals surface area contributed by atoms with Gasteiger partial charge in [-0.05, 0) is 25.8 Å². The van der Waals surface area contributed by atoms with Gasteiger partial charge in [0.2, 0.25) is 0 Å². The molecule has 0 spiro atoms.